The first-order valence-corrected chi connectivity index (χ1v) is 10.1. The fourth-order valence-electron chi connectivity index (χ4n) is 2.98. The van der Waals surface area contributed by atoms with E-state index in [1.54, 1.807) is 26.4 Å². The predicted molar refractivity (Wildman–Crippen MR) is 116 cm³/mol. The number of benzene rings is 2. The van der Waals surface area contributed by atoms with E-state index in [2.05, 4.69) is 5.32 Å². The first kappa shape index (κ1) is 23.2. The van der Waals surface area contributed by atoms with Crippen molar-refractivity contribution in [1.82, 2.24) is 5.32 Å². The number of ether oxygens (including phenoxy) is 5. The predicted octanol–water partition coefficient (Wildman–Crippen LogP) is 3.87. The zero-order valence-corrected chi connectivity index (χ0v) is 18.4. The molecule has 7 heteroatoms. The molecule has 1 amide bonds. The molecule has 0 unspecified atom stereocenters. The van der Waals surface area contributed by atoms with E-state index in [0.717, 1.165) is 5.56 Å². The summed E-state index contributed by atoms with van der Waals surface area (Å²) in [7, 11) is 3.20. The quantitative estimate of drug-likeness (QED) is 0.565. The van der Waals surface area contributed by atoms with Gasteiger partial charge in [-0.15, -0.1) is 0 Å². The molecule has 0 radical (unpaired) electrons. The summed E-state index contributed by atoms with van der Waals surface area (Å²) in [6.07, 6.45) is 0.653. The molecule has 0 aliphatic rings. The van der Waals surface area contributed by atoms with Crippen molar-refractivity contribution in [2.75, 3.05) is 40.6 Å². The van der Waals surface area contributed by atoms with Gasteiger partial charge in [0.1, 0.15) is 0 Å². The van der Waals surface area contributed by atoms with Crippen LogP contribution in [0, 0.1) is 0 Å². The maximum atomic E-state index is 12.7. The average molecular weight is 418 g/mol. The van der Waals surface area contributed by atoms with Crippen LogP contribution < -0.4 is 29.0 Å². The largest absolute Gasteiger partial charge is 0.493 e. The van der Waals surface area contributed by atoms with Crippen LogP contribution in [0.25, 0.3) is 0 Å². The monoisotopic (exact) mass is 417 g/mol. The fraction of sp³-hybridized carbons (Fsp3) is 0.435. The van der Waals surface area contributed by atoms with Gasteiger partial charge >= 0.3 is 0 Å². The highest BCUT2D eigenvalue weighted by Gasteiger charge is 2.18. The van der Waals surface area contributed by atoms with Crippen LogP contribution in [0.5, 0.6) is 28.7 Å². The molecule has 0 fully saturated rings. The number of hydrogen-bond donors (Lipinski definition) is 1. The number of carbonyl (C=O) groups is 1. The molecule has 2 rings (SSSR count). The molecule has 0 saturated carbocycles. The summed E-state index contributed by atoms with van der Waals surface area (Å²) in [5.41, 5.74) is 1.49. The summed E-state index contributed by atoms with van der Waals surface area (Å²) in [4.78, 5) is 12.7. The number of nitrogens with one attached hydrogen (secondary N) is 1. The van der Waals surface area contributed by atoms with Crippen molar-refractivity contribution in [3.05, 3.63) is 41.5 Å². The smallest absolute Gasteiger partial charge is 0.251 e. The molecule has 164 valence electrons. The van der Waals surface area contributed by atoms with Crippen molar-refractivity contribution in [3.63, 3.8) is 0 Å². The van der Waals surface area contributed by atoms with E-state index in [1.807, 2.05) is 39.0 Å². The van der Waals surface area contributed by atoms with Crippen molar-refractivity contribution in [2.24, 2.45) is 0 Å². The van der Waals surface area contributed by atoms with E-state index in [0.29, 0.717) is 67.1 Å². The summed E-state index contributed by atoms with van der Waals surface area (Å²) < 4.78 is 27.6. The molecule has 0 spiro atoms. The SMILES string of the molecule is CCOc1cc(C(=O)NCCc2ccc(OC)c(OC)c2)cc(OCC)c1OCC. The van der Waals surface area contributed by atoms with E-state index in [4.69, 9.17) is 23.7 Å². The third-order valence-electron chi connectivity index (χ3n) is 4.32. The molecule has 0 saturated heterocycles. The topological polar surface area (TPSA) is 75.3 Å². The lowest BCUT2D eigenvalue weighted by atomic mass is 10.1. The number of amides is 1. The molecule has 0 aromatic heterocycles. The van der Waals surface area contributed by atoms with Crippen LogP contribution in [-0.4, -0.2) is 46.5 Å². The number of rotatable bonds is 12. The van der Waals surface area contributed by atoms with E-state index in [9.17, 15) is 4.79 Å². The second-order valence-corrected chi connectivity index (χ2v) is 6.30. The van der Waals surface area contributed by atoms with E-state index >= 15 is 0 Å². The van der Waals surface area contributed by atoms with Gasteiger partial charge in [0.2, 0.25) is 5.75 Å². The summed E-state index contributed by atoms with van der Waals surface area (Å²) in [5, 5.41) is 2.94. The highest BCUT2D eigenvalue weighted by atomic mass is 16.5. The normalized spacial score (nSPS) is 10.3. The maximum absolute atomic E-state index is 12.7. The number of hydrogen-bond acceptors (Lipinski definition) is 6. The van der Waals surface area contributed by atoms with Gasteiger partial charge in [-0.25, -0.2) is 0 Å². The minimum Gasteiger partial charge on any atom is -0.493 e. The van der Waals surface area contributed by atoms with Crippen molar-refractivity contribution in [1.29, 1.82) is 0 Å². The van der Waals surface area contributed by atoms with Crippen LogP contribution in [0.15, 0.2) is 30.3 Å². The van der Waals surface area contributed by atoms with Gasteiger partial charge in [-0.2, -0.15) is 0 Å². The Bertz CT molecular complexity index is 809. The molecule has 1 N–H and O–H groups in total. The van der Waals surface area contributed by atoms with Crippen molar-refractivity contribution >= 4 is 5.91 Å². The zero-order chi connectivity index (χ0) is 21.9. The summed E-state index contributed by atoms with van der Waals surface area (Å²) >= 11 is 0. The molecule has 2 aromatic rings. The second-order valence-electron chi connectivity index (χ2n) is 6.30. The van der Waals surface area contributed by atoms with Gasteiger partial charge in [0.15, 0.2) is 23.0 Å². The third-order valence-corrected chi connectivity index (χ3v) is 4.32. The molecule has 30 heavy (non-hydrogen) atoms. The summed E-state index contributed by atoms with van der Waals surface area (Å²) in [6, 6.07) is 9.07. The van der Waals surface area contributed by atoms with Crippen LogP contribution >= 0.6 is 0 Å². The highest BCUT2D eigenvalue weighted by molar-refractivity contribution is 5.95. The molecule has 7 nitrogen and oxygen atoms in total. The summed E-state index contributed by atoms with van der Waals surface area (Å²) in [5.74, 6) is 2.64. The van der Waals surface area contributed by atoms with Crippen LogP contribution in [0.2, 0.25) is 0 Å². The van der Waals surface area contributed by atoms with Gasteiger partial charge in [-0.05, 0) is 57.0 Å². The van der Waals surface area contributed by atoms with Crippen molar-refractivity contribution < 1.29 is 28.5 Å². The first-order chi connectivity index (χ1) is 14.6. The van der Waals surface area contributed by atoms with Gasteiger partial charge in [0.05, 0.1) is 34.0 Å². The first-order valence-electron chi connectivity index (χ1n) is 10.1. The van der Waals surface area contributed by atoms with Crippen molar-refractivity contribution in [3.8, 4) is 28.7 Å². The number of methoxy groups -OCH3 is 2. The van der Waals surface area contributed by atoms with Gasteiger partial charge in [-0.3, -0.25) is 4.79 Å². The molecule has 0 heterocycles. The Morgan fingerprint density at radius 2 is 1.40 bits per heavy atom. The van der Waals surface area contributed by atoms with Gasteiger partial charge in [0.25, 0.3) is 5.91 Å². The van der Waals surface area contributed by atoms with Crippen LogP contribution in [0.4, 0.5) is 0 Å². The Morgan fingerprint density at radius 1 is 0.800 bits per heavy atom. The standard InChI is InChI=1S/C23H31NO6/c1-6-28-20-14-17(15-21(29-7-2)22(20)30-8-3)23(25)24-12-11-16-9-10-18(26-4)19(13-16)27-5/h9-10,13-15H,6-8,11-12H2,1-5H3,(H,24,25). The van der Waals surface area contributed by atoms with E-state index in [-0.39, 0.29) is 5.91 Å². The van der Waals surface area contributed by atoms with Crippen LogP contribution in [0.1, 0.15) is 36.7 Å². The Kier molecular flexibility index (Phi) is 9.12. The molecule has 0 aliphatic carbocycles. The van der Waals surface area contributed by atoms with E-state index < -0.39 is 0 Å². The second kappa shape index (κ2) is 11.8. The maximum Gasteiger partial charge on any atom is 0.251 e. The van der Waals surface area contributed by atoms with Gasteiger partial charge < -0.3 is 29.0 Å². The molecule has 0 atom stereocenters. The summed E-state index contributed by atoms with van der Waals surface area (Å²) in [6.45, 7) is 7.50. The Hall–Kier alpha value is -3.09. The van der Waals surface area contributed by atoms with E-state index in [1.165, 1.54) is 0 Å². The van der Waals surface area contributed by atoms with Gasteiger partial charge in [0, 0.05) is 12.1 Å². The minimum atomic E-state index is -0.208. The van der Waals surface area contributed by atoms with Gasteiger partial charge in [-0.1, -0.05) is 6.07 Å². The number of carbonyl (C=O) groups excluding carboxylic acids is 1. The Balaban J connectivity index is 2.12. The zero-order valence-electron chi connectivity index (χ0n) is 18.4. The average Bonchev–Trinajstić information content (AvgIpc) is 2.75. The lowest BCUT2D eigenvalue weighted by Gasteiger charge is -2.17. The lowest BCUT2D eigenvalue weighted by molar-refractivity contribution is 0.0953. The molecule has 2 aromatic carbocycles. The third kappa shape index (κ3) is 5.95. The molecular formula is C23H31NO6. The lowest BCUT2D eigenvalue weighted by Crippen LogP contribution is -2.26. The molecule has 0 aliphatic heterocycles. The fourth-order valence-corrected chi connectivity index (χ4v) is 2.98. The molecule has 0 bridgehead atoms. The highest BCUT2D eigenvalue weighted by Crippen LogP contribution is 2.39. The van der Waals surface area contributed by atoms with Crippen LogP contribution in [0.3, 0.4) is 0 Å². The Morgan fingerprint density at radius 3 is 1.93 bits per heavy atom. The molecular weight excluding hydrogens is 386 g/mol. The minimum absolute atomic E-state index is 0.208. The Labute approximate surface area is 178 Å². The van der Waals surface area contributed by atoms with Crippen LogP contribution in [-0.2, 0) is 6.42 Å². The van der Waals surface area contributed by atoms with Crippen molar-refractivity contribution in [2.45, 2.75) is 27.2 Å².